The zero-order valence-corrected chi connectivity index (χ0v) is 15.0. The Morgan fingerprint density at radius 2 is 1.65 bits per heavy atom. The fourth-order valence-electron chi connectivity index (χ4n) is 3.17. The molecule has 0 bridgehead atoms. The molecule has 0 aliphatic carbocycles. The van der Waals surface area contributed by atoms with Crippen molar-refractivity contribution < 1.29 is 5.11 Å². The van der Waals surface area contributed by atoms with Crippen molar-refractivity contribution in [3.8, 4) is 0 Å². The van der Waals surface area contributed by atoms with E-state index in [1.54, 1.807) is 0 Å². The van der Waals surface area contributed by atoms with Crippen molar-refractivity contribution in [3.63, 3.8) is 0 Å². The van der Waals surface area contributed by atoms with Gasteiger partial charge in [0.1, 0.15) is 0 Å². The van der Waals surface area contributed by atoms with Gasteiger partial charge in [-0.3, -0.25) is 4.90 Å². The average molecular weight is 346 g/mol. The molecule has 1 atom stereocenters. The van der Waals surface area contributed by atoms with E-state index >= 15 is 0 Å². The maximum atomic E-state index is 10.6. The average Bonchev–Trinajstić information content (AvgIpc) is 3.10. The van der Waals surface area contributed by atoms with Crippen molar-refractivity contribution in [2.24, 2.45) is 0 Å². The van der Waals surface area contributed by atoms with Crippen LogP contribution in [-0.2, 0) is 13.1 Å². The van der Waals surface area contributed by atoms with Crippen molar-refractivity contribution in [3.05, 3.63) is 108 Å². The van der Waals surface area contributed by atoms with Crippen LogP contribution in [0, 0.1) is 0 Å². The zero-order chi connectivity index (χ0) is 18.2. The van der Waals surface area contributed by atoms with Crippen LogP contribution in [-0.4, -0.2) is 27.7 Å². The number of hydrogen-bond acceptors (Lipinski definition) is 2. The van der Waals surface area contributed by atoms with E-state index in [9.17, 15) is 5.11 Å². The quantitative estimate of drug-likeness (QED) is 0.587. The summed E-state index contributed by atoms with van der Waals surface area (Å²) in [4.78, 5) is 2.22. The minimum atomic E-state index is -0.506. The molecule has 0 saturated carbocycles. The van der Waals surface area contributed by atoms with Crippen LogP contribution in [0.4, 0.5) is 0 Å². The zero-order valence-electron chi connectivity index (χ0n) is 15.0. The van der Waals surface area contributed by atoms with E-state index in [1.807, 2.05) is 42.5 Å². The van der Waals surface area contributed by atoms with Gasteiger partial charge in [0.15, 0.2) is 0 Å². The monoisotopic (exact) mass is 346 g/mol. The Labute approximate surface area is 155 Å². The lowest BCUT2D eigenvalue weighted by Gasteiger charge is -2.25. The standard InChI is InChI=1S/C23H26N2O/c1-2-15-24(19-23(26)21-12-7-4-8-13-21)18-22-14-9-16-25(22)17-20-10-5-3-6-11-20/h2-14,16,23,26H,1,15,17-19H2/t23-/m1/s1. The van der Waals surface area contributed by atoms with Gasteiger partial charge in [0.25, 0.3) is 0 Å². The van der Waals surface area contributed by atoms with Gasteiger partial charge >= 0.3 is 0 Å². The molecule has 0 aliphatic heterocycles. The molecule has 1 heterocycles. The Hall–Kier alpha value is -2.62. The number of aliphatic hydroxyl groups is 1. The van der Waals surface area contributed by atoms with Crippen LogP contribution in [0.25, 0.3) is 0 Å². The van der Waals surface area contributed by atoms with E-state index in [-0.39, 0.29) is 0 Å². The van der Waals surface area contributed by atoms with E-state index in [4.69, 9.17) is 0 Å². The van der Waals surface area contributed by atoms with Gasteiger partial charge in [-0.15, -0.1) is 6.58 Å². The predicted molar refractivity (Wildman–Crippen MR) is 107 cm³/mol. The number of rotatable bonds is 9. The third kappa shape index (κ3) is 4.94. The lowest BCUT2D eigenvalue weighted by Crippen LogP contribution is -2.29. The highest BCUT2D eigenvalue weighted by Crippen LogP contribution is 2.16. The second kappa shape index (κ2) is 9.18. The first-order valence-electron chi connectivity index (χ1n) is 9.00. The third-order valence-corrected chi connectivity index (χ3v) is 4.51. The van der Waals surface area contributed by atoms with Gasteiger partial charge in [0.05, 0.1) is 6.10 Å². The van der Waals surface area contributed by atoms with E-state index < -0.39 is 6.10 Å². The summed E-state index contributed by atoms with van der Waals surface area (Å²) in [5.41, 5.74) is 3.46. The van der Waals surface area contributed by atoms with Crippen LogP contribution >= 0.6 is 0 Å². The first-order chi connectivity index (χ1) is 12.8. The van der Waals surface area contributed by atoms with Gasteiger partial charge in [-0.05, 0) is 23.3 Å². The van der Waals surface area contributed by atoms with Crippen LogP contribution in [0.1, 0.15) is 22.9 Å². The molecule has 3 aromatic rings. The number of hydrogen-bond donors (Lipinski definition) is 1. The summed E-state index contributed by atoms with van der Waals surface area (Å²) in [5, 5.41) is 10.6. The summed E-state index contributed by atoms with van der Waals surface area (Å²) < 4.78 is 2.26. The van der Waals surface area contributed by atoms with Crippen LogP contribution in [0.15, 0.2) is 91.6 Å². The van der Waals surface area contributed by atoms with Gasteiger partial charge in [-0.25, -0.2) is 0 Å². The highest BCUT2D eigenvalue weighted by atomic mass is 16.3. The number of benzene rings is 2. The number of aromatic nitrogens is 1. The first kappa shape index (κ1) is 18.2. The van der Waals surface area contributed by atoms with Gasteiger partial charge in [0.2, 0.25) is 0 Å². The van der Waals surface area contributed by atoms with Gasteiger partial charge < -0.3 is 9.67 Å². The second-order valence-corrected chi connectivity index (χ2v) is 6.52. The molecule has 0 aliphatic rings. The van der Waals surface area contributed by atoms with E-state index in [1.165, 1.54) is 11.3 Å². The Kier molecular flexibility index (Phi) is 6.42. The predicted octanol–water partition coefficient (Wildman–Crippen LogP) is 4.26. The molecule has 3 nitrogen and oxygen atoms in total. The van der Waals surface area contributed by atoms with Crippen LogP contribution in [0.5, 0.6) is 0 Å². The number of nitrogens with zero attached hydrogens (tertiary/aromatic N) is 2. The van der Waals surface area contributed by atoms with Crippen LogP contribution in [0.3, 0.4) is 0 Å². The van der Waals surface area contributed by atoms with Gasteiger partial charge in [0, 0.05) is 38.1 Å². The molecular formula is C23H26N2O. The molecular weight excluding hydrogens is 320 g/mol. The van der Waals surface area contributed by atoms with Crippen molar-refractivity contribution >= 4 is 0 Å². The summed E-state index contributed by atoms with van der Waals surface area (Å²) in [6.45, 7) is 6.81. The molecule has 26 heavy (non-hydrogen) atoms. The molecule has 0 fully saturated rings. The van der Waals surface area contributed by atoms with Crippen molar-refractivity contribution in [1.29, 1.82) is 0 Å². The van der Waals surface area contributed by atoms with Crippen LogP contribution < -0.4 is 0 Å². The lowest BCUT2D eigenvalue weighted by molar-refractivity contribution is 0.115. The normalized spacial score (nSPS) is 12.2. The fourth-order valence-corrected chi connectivity index (χ4v) is 3.17. The summed E-state index contributed by atoms with van der Waals surface area (Å²) >= 11 is 0. The van der Waals surface area contributed by atoms with E-state index in [0.717, 1.165) is 25.2 Å². The lowest BCUT2D eigenvalue weighted by atomic mass is 10.1. The maximum absolute atomic E-state index is 10.6. The number of aliphatic hydroxyl groups excluding tert-OH is 1. The van der Waals surface area contributed by atoms with Crippen molar-refractivity contribution in [2.75, 3.05) is 13.1 Å². The highest BCUT2D eigenvalue weighted by molar-refractivity contribution is 5.19. The van der Waals surface area contributed by atoms with Crippen molar-refractivity contribution in [1.82, 2.24) is 9.47 Å². The molecule has 134 valence electrons. The summed E-state index contributed by atoms with van der Waals surface area (Å²) in [6, 6.07) is 24.5. The summed E-state index contributed by atoms with van der Waals surface area (Å²) in [7, 11) is 0. The third-order valence-electron chi connectivity index (χ3n) is 4.51. The molecule has 2 aromatic carbocycles. The van der Waals surface area contributed by atoms with E-state index in [2.05, 4.69) is 58.6 Å². The first-order valence-corrected chi connectivity index (χ1v) is 9.00. The minimum absolute atomic E-state index is 0.506. The topological polar surface area (TPSA) is 28.4 Å². The smallest absolute Gasteiger partial charge is 0.0917 e. The van der Waals surface area contributed by atoms with Gasteiger partial charge in [-0.1, -0.05) is 66.7 Å². The molecule has 3 rings (SSSR count). The second-order valence-electron chi connectivity index (χ2n) is 6.52. The summed E-state index contributed by atoms with van der Waals surface area (Å²) in [5.74, 6) is 0. The Bertz CT molecular complexity index is 795. The van der Waals surface area contributed by atoms with Crippen LogP contribution in [0.2, 0.25) is 0 Å². The largest absolute Gasteiger partial charge is 0.387 e. The van der Waals surface area contributed by atoms with Crippen molar-refractivity contribution in [2.45, 2.75) is 19.2 Å². The molecule has 1 aromatic heterocycles. The molecule has 1 N–H and O–H groups in total. The minimum Gasteiger partial charge on any atom is -0.387 e. The molecule has 0 spiro atoms. The molecule has 3 heteroatoms. The van der Waals surface area contributed by atoms with E-state index in [0.29, 0.717) is 6.54 Å². The molecule has 0 unspecified atom stereocenters. The SMILES string of the molecule is C=CCN(Cc1cccn1Cc1ccccc1)C[C@@H](O)c1ccccc1. The Balaban J connectivity index is 1.68. The Morgan fingerprint density at radius 3 is 2.35 bits per heavy atom. The fraction of sp³-hybridized carbons (Fsp3) is 0.217. The Morgan fingerprint density at radius 1 is 0.962 bits per heavy atom. The summed E-state index contributed by atoms with van der Waals surface area (Å²) in [6.07, 6.45) is 3.50. The molecule has 0 amide bonds. The maximum Gasteiger partial charge on any atom is 0.0917 e. The molecule has 0 radical (unpaired) electrons. The van der Waals surface area contributed by atoms with Gasteiger partial charge in [-0.2, -0.15) is 0 Å². The highest BCUT2D eigenvalue weighted by Gasteiger charge is 2.14. The molecule has 0 saturated heterocycles.